The lowest BCUT2D eigenvalue weighted by Crippen LogP contribution is -2.60. The quantitative estimate of drug-likeness (QED) is 0.0930. The molecule has 268 valence electrons. The average molecular weight is 753 g/mol. The van der Waals surface area contributed by atoms with Crippen molar-refractivity contribution >= 4 is 75.3 Å². The lowest BCUT2D eigenvalue weighted by molar-refractivity contribution is -0.125. The molecule has 0 bridgehead atoms. The van der Waals surface area contributed by atoms with Crippen molar-refractivity contribution in [3.8, 4) is 5.75 Å². The first-order valence-electron chi connectivity index (χ1n) is 17.0. The predicted molar refractivity (Wildman–Crippen MR) is 199 cm³/mol. The lowest BCUT2D eigenvalue weighted by atomic mass is 9.56. The van der Waals surface area contributed by atoms with Crippen LogP contribution in [0.4, 0.5) is 32.8 Å². The maximum atomic E-state index is 14.4. The summed E-state index contributed by atoms with van der Waals surface area (Å²) in [6, 6.07) is 25.2. The molecule has 4 aromatic carbocycles. The summed E-state index contributed by atoms with van der Waals surface area (Å²) >= 11 is 14.8. The summed E-state index contributed by atoms with van der Waals surface area (Å²) in [5.74, 6) is -6.63. The fourth-order valence-corrected chi connectivity index (χ4v) is 9.27. The molecule has 4 amide bonds. The van der Waals surface area contributed by atoms with E-state index in [1.165, 1.54) is 24.3 Å². The van der Waals surface area contributed by atoms with Gasteiger partial charge in [0.25, 0.3) is 11.8 Å². The van der Waals surface area contributed by atoms with Crippen LogP contribution in [0.3, 0.4) is 0 Å². The summed E-state index contributed by atoms with van der Waals surface area (Å²) in [5, 5.41) is 19.1. The molecule has 13 heteroatoms. The summed E-state index contributed by atoms with van der Waals surface area (Å²) in [6.07, 6.45) is 1.78. The Kier molecular flexibility index (Phi) is 8.27. The molecule has 2 aliphatic carbocycles. The van der Waals surface area contributed by atoms with Crippen LogP contribution in [0, 0.1) is 23.6 Å². The van der Waals surface area contributed by atoms with Crippen molar-refractivity contribution in [1.82, 2.24) is 0 Å². The number of phenolic OH excluding ortho intramolecular Hbond substituents is 1. The van der Waals surface area contributed by atoms with E-state index in [0.717, 1.165) is 27.6 Å². The average Bonchev–Trinajstić information content (AvgIpc) is 3.49. The first kappa shape index (κ1) is 34.7. The molecule has 0 spiro atoms. The second-order valence-electron chi connectivity index (χ2n) is 14.0. The number of halogens is 3. The highest BCUT2D eigenvalue weighted by molar-refractivity contribution is 6.58. The Hall–Kier alpha value is -5.39. The van der Waals surface area contributed by atoms with Gasteiger partial charge in [0.1, 0.15) is 11.6 Å². The first-order valence-corrected chi connectivity index (χ1v) is 17.8. The number of phenols is 1. The molecule has 2 saturated heterocycles. The van der Waals surface area contributed by atoms with Gasteiger partial charge in [0.15, 0.2) is 9.75 Å². The van der Waals surface area contributed by atoms with Gasteiger partial charge in [0.05, 0.1) is 34.6 Å². The number of anilines is 3. The van der Waals surface area contributed by atoms with Gasteiger partial charge in [-0.15, -0.1) is 23.2 Å². The van der Waals surface area contributed by atoms with Crippen LogP contribution < -0.4 is 14.7 Å². The van der Waals surface area contributed by atoms with Crippen LogP contribution in [-0.4, -0.2) is 52.6 Å². The van der Waals surface area contributed by atoms with Crippen molar-refractivity contribution in [2.75, 3.05) is 28.8 Å². The molecule has 53 heavy (non-hydrogen) atoms. The number of fused-ring (bicyclic) bond motifs is 4. The van der Waals surface area contributed by atoms with E-state index in [-0.39, 0.29) is 24.3 Å². The van der Waals surface area contributed by atoms with Gasteiger partial charge in [0, 0.05) is 25.7 Å². The Morgan fingerprint density at radius 1 is 0.774 bits per heavy atom. The summed E-state index contributed by atoms with van der Waals surface area (Å²) in [4.78, 5) is 57.1. The van der Waals surface area contributed by atoms with Crippen molar-refractivity contribution < 1.29 is 28.7 Å². The van der Waals surface area contributed by atoms with Crippen LogP contribution in [0.25, 0.3) is 0 Å². The zero-order valence-corrected chi connectivity index (χ0v) is 30.0. The normalized spacial score (nSPS) is 27.9. The number of aromatic hydroxyl groups is 1. The summed E-state index contributed by atoms with van der Waals surface area (Å²) in [5.41, 5.74) is 3.64. The number of nitrogens with zero attached hydrogens (tertiary/aromatic N) is 5. The van der Waals surface area contributed by atoms with E-state index in [1.807, 2.05) is 49.3 Å². The van der Waals surface area contributed by atoms with Gasteiger partial charge in [-0.1, -0.05) is 23.8 Å². The second-order valence-corrected chi connectivity index (χ2v) is 15.2. The minimum atomic E-state index is -2.09. The summed E-state index contributed by atoms with van der Waals surface area (Å²) in [6.45, 7) is 0. The Labute approximate surface area is 314 Å². The van der Waals surface area contributed by atoms with Crippen LogP contribution in [0.15, 0.2) is 119 Å². The number of alkyl halides is 2. The van der Waals surface area contributed by atoms with Crippen LogP contribution >= 0.6 is 23.2 Å². The van der Waals surface area contributed by atoms with E-state index >= 15 is 0 Å². The lowest BCUT2D eigenvalue weighted by Gasteiger charge is -2.50. The van der Waals surface area contributed by atoms with E-state index in [0.29, 0.717) is 28.2 Å². The number of imide groups is 2. The largest absolute Gasteiger partial charge is 0.508 e. The van der Waals surface area contributed by atoms with Gasteiger partial charge in [-0.3, -0.25) is 24.1 Å². The van der Waals surface area contributed by atoms with E-state index in [9.17, 15) is 28.7 Å². The third kappa shape index (κ3) is 5.27. The molecule has 10 nitrogen and oxygen atoms in total. The minimum absolute atomic E-state index is 0.0869. The number of benzene rings is 4. The number of hydrogen-bond donors (Lipinski definition) is 1. The second kappa shape index (κ2) is 12.6. The number of amides is 4. The van der Waals surface area contributed by atoms with Crippen molar-refractivity contribution in [1.29, 1.82) is 0 Å². The molecule has 3 fully saturated rings. The van der Waals surface area contributed by atoms with Crippen molar-refractivity contribution in [2.45, 2.75) is 28.5 Å². The number of carbonyl (C=O) groups is 4. The summed E-state index contributed by atoms with van der Waals surface area (Å²) < 4.78 is 13.9. The van der Waals surface area contributed by atoms with Gasteiger partial charge in [-0.05, 0) is 109 Å². The maximum absolute atomic E-state index is 14.4. The van der Waals surface area contributed by atoms with Crippen molar-refractivity contribution in [3.63, 3.8) is 0 Å². The molecule has 4 aliphatic rings. The molecule has 6 atom stereocenters. The van der Waals surface area contributed by atoms with E-state index in [2.05, 4.69) is 10.2 Å². The number of hydrogen-bond acceptors (Lipinski definition) is 8. The third-order valence-corrected chi connectivity index (χ3v) is 12.3. The highest BCUT2D eigenvalue weighted by Crippen LogP contribution is 2.66. The van der Waals surface area contributed by atoms with Gasteiger partial charge in [-0.25, -0.2) is 9.29 Å². The number of carbonyl (C=O) groups excluding carboxylic acids is 4. The Bertz CT molecular complexity index is 2250. The topological polar surface area (TPSA) is 123 Å². The molecule has 4 aromatic rings. The molecule has 8 rings (SSSR count). The minimum Gasteiger partial charge on any atom is -0.508 e. The van der Waals surface area contributed by atoms with Crippen molar-refractivity contribution in [2.24, 2.45) is 28.0 Å². The Morgan fingerprint density at radius 3 is 2.00 bits per heavy atom. The SMILES string of the molecule is CN(C)c1ccc(N=Nc2ccc(N3C(=O)C4CC=C5C(CC6(Cl)C(=O)N(c7ccc(F)cc7)C(=O)C6(Cl)C5c5cccc(O)c5)C4C3=O)cc2)cc1. The van der Waals surface area contributed by atoms with E-state index in [4.69, 9.17) is 23.2 Å². The van der Waals surface area contributed by atoms with E-state index in [1.54, 1.807) is 36.4 Å². The molecule has 1 N–H and O–H groups in total. The first-order chi connectivity index (χ1) is 25.3. The zero-order chi connectivity index (χ0) is 37.4. The van der Waals surface area contributed by atoms with E-state index < -0.39 is 62.9 Å². The molecular weight excluding hydrogens is 720 g/mol. The molecule has 2 heterocycles. The Balaban J connectivity index is 1.14. The molecule has 0 aromatic heterocycles. The molecule has 2 aliphatic heterocycles. The van der Waals surface area contributed by atoms with Gasteiger partial charge in [0.2, 0.25) is 11.8 Å². The fourth-order valence-electron chi connectivity index (χ4n) is 8.33. The standard InChI is InChI=1S/C40H32Cl2FN5O5/c1-46(2)26-14-8-24(9-15-26)44-45-25-10-16-27(17-11-25)47-35(50)31-19-18-30-32(33(31)36(47)51)21-39(41)37(52)48(28-12-6-23(43)7-13-28)38(53)40(39,42)34(30)22-4-3-5-29(49)20-22/h3-18,20,31-34,49H,19,21H2,1-2H3. The number of rotatable bonds is 6. The Morgan fingerprint density at radius 2 is 1.38 bits per heavy atom. The predicted octanol–water partition coefficient (Wildman–Crippen LogP) is 7.78. The van der Waals surface area contributed by atoms with Gasteiger partial charge >= 0.3 is 0 Å². The monoisotopic (exact) mass is 751 g/mol. The van der Waals surface area contributed by atoms with Crippen LogP contribution in [0.5, 0.6) is 5.75 Å². The number of allylic oxidation sites excluding steroid dienone is 2. The summed E-state index contributed by atoms with van der Waals surface area (Å²) in [7, 11) is 3.89. The smallest absolute Gasteiger partial charge is 0.258 e. The molecule has 6 unspecified atom stereocenters. The highest BCUT2D eigenvalue weighted by Gasteiger charge is 2.76. The third-order valence-electron chi connectivity index (χ3n) is 10.9. The molecule has 0 radical (unpaired) electrons. The van der Waals surface area contributed by atoms with Gasteiger partial charge < -0.3 is 10.0 Å². The zero-order valence-electron chi connectivity index (χ0n) is 28.5. The highest BCUT2D eigenvalue weighted by atomic mass is 35.5. The maximum Gasteiger partial charge on any atom is 0.258 e. The van der Waals surface area contributed by atoms with Crippen molar-refractivity contribution in [3.05, 3.63) is 120 Å². The molecule has 1 saturated carbocycles. The van der Waals surface area contributed by atoms with Crippen LogP contribution in [0.1, 0.15) is 24.3 Å². The molecular formula is C40H32Cl2FN5O5. The number of azo groups is 1. The van der Waals surface area contributed by atoms with Gasteiger partial charge in [-0.2, -0.15) is 10.2 Å². The fraction of sp³-hybridized carbons (Fsp3) is 0.250. The van der Waals surface area contributed by atoms with Crippen LogP contribution in [-0.2, 0) is 19.2 Å². The van der Waals surface area contributed by atoms with Crippen LogP contribution in [0.2, 0.25) is 0 Å².